The molecular weight excluding hydrogens is 347 g/mol. The number of nitrogens with one attached hydrogen (secondary N) is 2. The molecule has 0 spiro atoms. The van der Waals surface area contributed by atoms with Gasteiger partial charge in [0.2, 0.25) is 11.8 Å². The Labute approximate surface area is 156 Å². The zero-order valence-corrected chi connectivity index (χ0v) is 14.8. The lowest BCUT2D eigenvalue weighted by Crippen LogP contribution is -2.09. The predicted octanol–water partition coefficient (Wildman–Crippen LogP) is 2.78. The van der Waals surface area contributed by atoms with Crippen molar-refractivity contribution in [1.82, 2.24) is 19.9 Å². The van der Waals surface area contributed by atoms with Crippen LogP contribution in [0.2, 0.25) is 0 Å². The molecule has 0 amide bonds. The molecule has 0 aromatic carbocycles. The summed E-state index contributed by atoms with van der Waals surface area (Å²) in [7, 11) is 1.57. The Bertz CT molecular complexity index is 951. The summed E-state index contributed by atoms with van der Waals surface area (Å²) in [5, 5.41) is 6.34. The molecule has 0 aliphatic carbocycles. The lowest BCUT2D eigenvalue weighted by molar-refractivity contribution is 0.393. The van der Waals surface area contributed by atoms with Crippen molar-refractivity contribution < 1.29 is 9.13 Å². The molecule has 27 heavy (non-hydrogen) atoms. The highest BCUT2D eigenvalue weighted by molar-refractivity contribution is 5.51. The van der Waals surface area contributed by atoms with Crippen molar-refractivity contribution in [3.05, 3.63) is 65.6 Å². The molecule has 1 unspecified atom stereocenters. The Kier molecular flexibility index (Phi) is 4.78. The second-order valence-corrected chi connectivity index (χ2v) is 6.28. The number of anilines is 2. The van der Waals surface area contributed by atoms with Crippen molar-refractivity contribution in [3.8, 4) is 5.88 Å². The van der Waals surface area contributed by atoms with Crippen LogP contribution in [0, 0.1) is 5.95 Å². The van der Waals surface area contributed by atoms with Gasteiger partial charge in [-0.1, -0.05) is 12.1 Å². The number of hydrogen-bond donors (Lipinski definition) is 2. The Morgan fingerprint density at radius 1 is 1.26 bits per heavy atom. The average Bonchev–Trinajstić information content (AvgIpc) is 3.11. The van der Waals surface area contributed by atoms with E-state index < -0.39 is 5.95 Å². The summed E-state index contributed by atoms with van der Waals surface area (Å²) in [5.74, 6) is 1.50. The molecule has 7 nitrogen and oxygen atoms in total. The number of pyridine rings is 2. The molecule has 0 saturated carbocycles. The monoisotopic (exact) mass is 366 g/mol. The molecule has 0 bridgehead atoms. The van der Waals surface area contributed by atoms with Crippen LogP contribution in [0.1, 0.15) is 22.6 Å². The fourth-order valence-electron chi connectivity index (χ4n) is 3.21. The summed E-state index contributed by atoms with van der Waals surface area (Å²) < 4.78 is 19.7. The summed E-state index contributed by atoms with van der Waals surface area (Å²) >= 11 is 0. The normalized spacial score (nSPS) is 15.1. The lowest BCUT2D eigenvalue weighted by atomic mass is 9.96. The highest BCUT2D eigenvalue weighted by atomic mass is 19.1. The van der Waals surface area contributed by atoms with E-state index in [9.17, 15) is 4.39 Å². The van der Waals surface area contributed by atoms with E-state index in [4.69, 9.17) is 4.74 Å². The third-order valence-electron chi connectivity index (χ3n) is 4.59. The Hall–Kier alpha value is -3.29. The van der Waals surface area contributed by atoms with E-state index in [0.717, 1.165) is 16.9 Å². The second kappa shape index (κ2) is 7.53. The van der Waals surface area contributed by atoms with E-state index in [0.29, 0.717) is 36.8 Å². The third kappa shape index (κ3) is 3.64. The van der Waals surface area contributed by atoms with Crippen LogP contribution in [0.5, 0.6) is 5.88 Å². The summed E-state index contributed by atoms with van der Waals surface area (Å²) in [5.41, 5.74) is 2.46. The zero-order valence-electron chi connectivity index (χ0n) is 14.8. The predicted molar refractivity (Wildman–Crippen MR) is 99.3 cm³/mol. The van der Waals surface area contributed by atoms with E-state index in [2.05, 4.69) is 30.6 Å². The van der Waals surface area contributed by atoms with Crippen LogP contribution >= 0.6 is 0 Å². The highest BCUT2D eigenvalue weighted by Gasteiger charge is 2.24. The maximum atomic E-state index is 14.5. The molecule has 0 fully saturated rings. The minimum absolute atomic E-state index is 0.135. The molecule has 0 radical (unpaired) electrons. The van der Waals surface area contributed by atoms with Gasteiger partial charge in [-0.2, -0.15) is 4.39 Å². The minimum Gasteiger partial charge on any atom is -0.481 e. The first-order chi connectivity index (χ1) is 13.2. The number of hydrogen-bond acceptors (Lipinski definition) is 7. The van der Waals surface area contributed by atoms with Crippen LogP contribution < -0.4 is 15.4 Å². The molecule has 1 atom stereocenters. The van der Waals surface area contributed by atoms with Crippen molar-refractivity contribution in [3.63, 3.8) is 0 Å². The number of methoxy groups -OCH3 is 1. The molecule has 4 heterocycles. The fourth-order valence-corrected chi connectivity index (χ4v) is 3.21. The summed E-state index contributed by atoms with van der Waals surface area (Å²) in [4.78, 5) is 16.5. The van der Waals surface area contributed by atoms with E-state index in [1.165, 1.54) is 6.33 Å². The number of fused-ring (bicyclic) bond motifs is 1. The third-order valence-corrected chi connectivity index (χ3v) is 4.59. The van der Waals surface area contributed by atoms with Gasteiger partial charge in [-0.15, -0.1) is 0 Å². The molecule has 4 rings (SSSR count). The van der Waals surface area contributed by atoms with Crippen molar-refractivity contribution >= 4 is 11.6 Å². The fraction of sp³-hybridized carbons (Fsp3) is 0.263. The van der Waals surface area contributed by atoms with E-state index in [1.807, 2.05) is 12.1 Å². The molecule has 138 valence electrons. The van der Waals surface area contributed by atoms with Gasteiger partial charge in [-0.05, 0) is 18.6 Å². The van der Waals surface area contributed by atoms with Crippen LogP contribution in [0.4, 0.5) is 16.0 Å². The summed E-state index contributed by atoms with van der Waals surface area (Å²) in [6, 6.07) is 7.28. The van der Waals surface area contributed by atoms with Gasteiger partial charge in [0.05, 0.1) is 7.11 Å². The van der Waals surface area contributed by atoms with Crippen LogP contribution in [-0.4, -0.2) is 33.6 Å². The van der Waals surface area contributed by atoms with Gasteiger partial charge in [-0.25, -0.2) is 19.9 Å². The largest absolute Gasteiger partial charge is 0.481 e. The van der Waals surface area contributed by atoms with Crippen molar-refractivity contribution in [2.45, 2.75) is 18.9 Å². The Balaban J connectivity index is 1.44. The van der Waals surface area contributed by atoms with Crippen LogP contribution in [0.15, 0.2) is 43.0 Å². The Morgan fingerprint density at radius 2 is 2.19 bits per heavy atom. The van der Waals surface area contributed by atoms with E-state index in [-0.39, 0.29) is 5.92 Å². The molecular formula is C19H19FN6O. The number of ether oxygens (including phenoxy) is 1. The van der Waals surface area contributed by atoms with Gasteiger partial charge in [0.1, 0.15) is 18.0 Å². The quantitative estimate of drug-likeness (QED) is 0.649. The molecule has 1 aliphatic heterocycles. The standard InChI is InChI=1S/C19H19FN6O/c1-27-19-13(3-2-6-22-19)8-23-16-5-4-12(17(20)26-16)7-14-9-24-18-15(14)10-21-11-25-18/h2-6,10-11,14H,7-9H2,1H3,(H,23,26)(H,21,24,25). The second-order valence-electron chi connectivity index (χ2n) is 6.28. The van der Waals surface area contributed by atoms with E-state index >= 15 is 0 Å². The van der Waals surface area contributed by atoms with Crippen molar-refractivity contribution in [2.75, 3.05) is 24.3 Å². The molecule has 2 N–H and O–H groups in total. The van der Waals surface area contributed by atoms with Gasteiger partial charge >= 0.3 is 0 Å². The molecule has 3 aromatic rings. The minimum atomic E-state index is -0.469. The van der Waals surface area contributed by atoms with Gasteiger partial charge in [0.15, 0.2) is 0 Å². The average molecular weight is 366 g/mol. The smallest absolute Gasteiger partial charge is 0.218 e. The molecule has 1 aliphatic rings. The number of halogens is 1. The summed E-state index contributed by atoms with van der Waals surface area (Å²) in [6.07, 6.45) is 5.50. The first-order valence-electron chi connectivity index (χ1n) is 8.65. The maximum Gasteiger partial charge on any atom is 0.218 e. The maximum absolute atomic E-state index is 14.5. The van der Waals surface area contributed by atoms with Crippen LogP contribution in [0.25, 0.3) is 0 Å². The SMILES string of the molecule is COc1ncccc1CNc1ccc(CC2CNc3ncncc32)c(F)n1. The van der Waals surface area contributed by atoms with Crippen molar-refractivity contribution in [1.29, 1.82) is 0 Å². The zero-order chi connectivity index (χ0) is 18.6. The van der Waals surface area contributed by atoms with E-state index in [1.54, 1.807) is 31.6 Å². The lowest BCUT2D eigenvalue weighted by Gasteiger charge is -2.12. The first-order valence-corrected chi connectivity index (χ1v) is 8.65. The van der Waals surface area contributed by atoms with Crippen molar-refractivity contribution in [2.24, 2.45) is 0 Å². The molecule has 3 aromatic heterocycles. The topological polar surface area (TPSA) is 84.9 Å². The first kappa shape index (κ1) is 17.1. The Morgan fingerprint density at radius 3 is 3.04 bits per heavy atom. The highest BCUT2D eigenvalue weighted by Crippen LogP contribution is 2.31. The van der Waals surface area contributed by atoms with Gasteiger partial charge in [0, 0.05) is 48.1 Å². The van der Waals surface area contributed by atoms with Gasteiger partial charge in [-0.3, -0.25) is 0 Å². The number of aromatic nitrogens is 4. The number of rotatable bonds is 6. The van der Waals surface area contributed by atoms with Crippen LogP contribution in [0.3, 0.4) is 0 Å². The molecule has 0 saturated heterocycles. The summed E-state index contributed by atoms with van der Waals surface area (Å²) in [6.45, 7) is 1.16. The van der Waals surface area contributed by atoms with Crippen LogP contribution in [-0.2, 0) is 13.0 Å². The molecule has 8 heteroatoms. The number of nitrogens with zero attached hydrogens (tertiary/aromatic N) is 4. The van der Waals surface area contributed by atoms with Gasteiger partial charge < -0.3 is 15.4 Å². The van der Waals surface area contributed by atoms with Gasteiger partial charge in [0.25, 0.3) is 0 Å².